The molecule has 3 rings (SSSR count). The quantitative estimate of drug-likeness (QED) is 0.160. The molecule has 0 spiro atoms. The number of benzene rings is 3. The van der Waals surface area contributed by atoms with Gasteiger partial charge in [0.2, 0.25) is 8.32 Å². The van der Waals surface area contributed by atoms with Crippen molar-refractivity contribution in [3.05, 3.63) is 108 Å². The number of unbranched alkanes of at least 4 members (excludes halogenated alkanes) is 5. The average Bonchev–Trinajstić information content (AvgIpc) is 2.81. The van der Waals surface area contributed by atoms with E-state index in [1.54, 1.807) is 0 Å². The zero-order valence-corrected chi connectivity index (χ0v) is 20.5. The summed E-state index contributed by atoms with van der Waals surface area (Å²) in [5.74, 6) is 0. The second kappa shape index (κ2) is 11.5. The molecule has 3 aromatic carbocycles. The van der Waals surface area contributed by atoms with E-state index in [4.69, 9.17) is 4.43 Å². The van der Waals surface area contributed by atoms with Crippen molar-refractivity contribution in [1.29, 1.82) is 0 Å². The van der Waals surface area contributed by atoms with Crippen LogP contribution >= 0.6 is 0 Å². The molecule has 0 bridgehead atoms. The van der Waals surface area contributed by atoms with Gasteiger partial charge in [-0.15, -0.1) is 0 Å². The summed E-state index contributed by atoms with van der Waals surface area (Å²) in [7, 11) is -2.28. The Morgan fingerprint density at radius 3 is 1.39 bits per heavy atom. The van der Waals surface area contributed by atoms with E-state index in [1.807, 2.05) is 0 Å². The summed E-state index contributed by atoms with van der Waals surface area (Å²) in [6.45, 7) is 7.92. The fraction of sp³-hybridized carbons (Fsp3) is 0.379. The molecular weight excluding hydrogens is 392 g/mol. The highest BCUT2D eigenvalue weighted by Crippen LogP contribution is 2.46. The summed E-state index contributed by atoms with van der Waals surface area (Å²) in [5, 5.41) is -0.265. The molecule has 1 nitrogen and oxygen atoms in total. The fourth-order valence-corrected chi connectivity index (χ4v) is 8.38. The molecule has 0 aliphatic carbocycles. The first-order valence-corrected chi connectivity index (χ1v) is 14.8. The van der Waals surface area contributed by atoms with E-state index in [-0.39, 0.29) is 5.04 Å². The van der Waals surface area contributed by atoms with Crippen molar-refractivity contribution in [2.45, 2.75) is 63.6 Å². The Bertz CT molecular complexity index is 778. The largest absolute Gasteiger partial charge is 0.416 e. The molecule has 2 heteroatoms. The molecule has 0 heterocycles. The number of hydrogen-bond acceptors (Lipinski definition) is 1. The second-order valence-corrected chi connectivity index (χ2v) is 13.0. The predicted octanol–water partition coefficient (Wildman–Crippen LogP) is 8.14. The molecule has 0 saturated heterocycles. The van der Waals surface area contributed by atoms with Gasteiger partial charge < -0.3 is 4.43 Å². The molecule has 0 N–H and O–H groups in total. The molecule has 164 valence electrons. The Hall–Kier alpha value is -2.16. The highest BCUT2D eigenvalue weighted by molar-refractivity contribution is 6.76. The third-order valence-corrected chi connectivity index (χ3v) is 10.1. The lowest BCUT2D eigenvalue weighted by Crippen LogP contribution is -2.55. The van der Waals surface area contributed by atoms with Crippen LogP contribution in [0.5, 0.6) is 0 Å². The third kappa shape index (κ3) is 5.37. The molecule has 0 atom stereocenters. The van der Waals surface area contributed by atoms with Gasteiger partial charge in [-0.2, -0.15) is 0 Å². The van der Waals surface area contributed by atoms with Gasteiger partial charge in [-0.05, 0) is 36.2 Å². The van der Waals surface area contributed by atoms with Crippen LogP contribution in [-0.4, -0.2) is 14.9 Å². The average molecular weight is 431 g/mol. The maximum Gasteiger partial charge on any atom is 0.205 e. The summed E-state index contributed by atoms with van der Waals surface area (Å²) in [5.41, 5.74) is 3.98. The summed E-state index contributed by atoms with van der Waals surface area (Å²) < 4.78 is 6.90. The Morgan fingerprint density at radius 1 is 0.581 bits per heavy atom. The molecule has 0 amide bonds. The minimum Gasteiger partial charge on any atom is -0.416 e. The van der Waals surface area contributed by atoms with Crippen LogP contribution in [-0.2, 0) is 9.46 Å². The van der Waals surface area contributed by atoms with Crippen LogP contribution < -0.4 is 0 Å². The summed E-state index contributed by atoms with van der Waals surface area (Å²) in [6, 6.07) is 33.0. The van der Waals surface area contributed by atoms with Crippen LogP contribution in [0.15, 0.2) is 91.0 Å². The van der Waals surface area contributed by atoms with E-state index in [1.165, 1.54) is 48.8 Å². The first-order valence-electron chi connectivity index (χ1n) is 11.9. The lowest BCUT2D eigenvalue weighted by atomic mass is 9.84. The van der Waals surface area contributed by atoms with Crippen molar-refractivity contribution in [2.75, 3.05) is 6.61 Å². The van der Waals surface area contributed by atoms with E-state index in [0.717, 1.165) is 13.0 Å². The van der Waals surface area contributed by atoms with Crippen LogP contribution in [0, 0.1) is 0 Å². The first kappa shape index (κ1) is 23.5. The standard InChI is InChI=1S/C29H38OSi/c1-4-5-6-7-8-18-25-30-31(2,3)29(26-19-12-9-13-20-26,27-21-14-10-15-22-27)28-23-16-11-17-24-28/h9-17,19-24H,4-8,18,25H2,1-3H3. The summed E-state index contributed by atoms with van der Waals surface area (Å²) in [4.78, 5) is 0. The maximum atomic E-state index is 6.90. The maximum absolute atomic E-state index is 6.90. The topological polar surface area (TPSA) is 9.23 Å². The highest BCUT2D eigenvalue weighted by atomic mass is 28.4. The van der Waals surface area contributed by atoms with Crippen molar-refractivity contribution < 1.29 is 4.43 Å². The van der Waals surface area contributed by atoms with Gasteiger partial charge in [0.15, 0.2) is 0 Å². The molecule has 0 aromatic heterocycles. The van der Waals surface area contributed by atoms with Crippen molar-refractivity contribution in [3.63, 3.8) is 0 Å². The first-order chi connectivity index (χ1) is 15.1. The second-order valence-electron chi connectivity index (χ2n) is 8.97. The van der Waals surface area contributed by atoms with E-state index >= 15 is 0 Å². The van der Waals surface area contributed by atoms with Gasteiger partial charge in [-0.1, -0.05) is 130 Å². The van der Waals surface area contributed by atoms with Crippen molar-refractivity contribution in [3.8, 4) is 0 Å². The zero-order chi connectivity index (χ0) is 22.0. The van der Waals surface area contributed by atoms with Gasteiger partial charge in [0.05, 0.1) is 5.04 Å². The Labute approximate surface area is 190 Å². The van der Waals surface area contributed by atoms with Gasteiger partial charge in [-0.3, -0.25) is 0 Å². The van der Waals surface area contributed by atoms with E-state index in [0.29, 0.717) is 0 Å². The zero-order valence-electron chi connectivity index (χ0n) is 19.5. The van der Waals surface area contributed by atoms with E-state index in [9.17, 15) is 0 Å². The molecule has 0 fully saturated rings. The predicted molar refractivity (Wildman–Crippen MR) is 136 cm³/mol. The van der Waals surface area contributed by atoms with E-state index < -0.39 is 8.32 Å². The van der Waals surface area contributed by atoms with Crippen LogP contribution in [0.2, 0.25) is 13.1 Å². The van der Waals surface area contributed by atoms with E-state index in [2.05, 4.69) is 111 Å². The van der Waals surface area contributed by atoms with Crippen LogP contribution in [0.3, 0.4) is 0 Å². The summed E-state index contributed by atoms with van der Waals surface area (Å²) >= 11 is 0. The van der Waals surface area contributed by atoms with Gasteiger partial charge in [-0.25, -0.2) is 0 Å². The molecule has 0 unspecified atom stereocenters. The number of hydrogen-bond donors (Lipinski definition) is 0. The highest BCUT2D eigenvalue weighted by Gasteiger charge is 2.52. The van der Waals surface area contributed by atoms with Crippen LogP contribution in [0.1, 0.15) is 62.1 Å². The van der Waals surface area contributed by atoms with Crippen molar-refractivity contribution >= 4 is 8.32 Å². The van der Waals surface area contributed by atoms with Crippen LogP contribution in [0.4, 0.5) is 0 Å². The molecule has 3 aromatic rings. The lowest BCUT2D eigenvalue weighted by Gasteiger charge is -2.46. The van der Waals surface area contributed by atoms with Crippen molar-refractivity contribution in [1.82, 2.24) is 0 Å². The molecule has 31 heavy (non-hydrogen) atoms. The molecule has 0 aliphatic rings. The SMILES string of the molecule is CCCCCCCCO[Si](C)(C)C(c1ccccc1)(c1ccccc1)c1ccccc1. The summed E-state index contributed by atoms with van der Waals surface area (Å²) in [6.07, 6.45) is 7.72. The van der Waals surface area contributed by atoms with Gasteiger partial charge >= 0.3 is 0 Å². The molecule has 0 aliphatic heterocycles. The molecule has 0 radical (unpaired) electrons. The fourth-order valence-electron chi connectivity index (χ4n) is 4.93. The third-order valence-electron chi connectivity index (χ3n) is 6.48. The minimum atomic E-state index is -2.28. The minimum absolute atomic E-state index is 0.265. The van der Waals surface area contributed by atoms with Gasteiger partial charge in [0, 0.05) is 6.61 Å². The molecular formula is C29H38OSi. The van der Waals surface area contributed by atoms with Crippen LogP contribution in [0.25, 0.3) is 0 Å². The van der Waals surface area contributed by atoms with Gasteiger partial charge in [0.25, 0.3) is 0 Å². The smallest absolute Gasteiger partial charge is 0.205 e. The molecule has 0 saturated carbocycles. The Morgan fingerprint density at radius 2 is 0.968 bits per heavy atom. The monoisotopic (exact) mass is 430 g/mol. The Kier molecular flexibility index (Phi) is 8.68. The number of rotatable bonds is 12. The Balaban J connectivity index is 1.99. The van der Waals surface area contributed by atoms with Gasteiger partial charge in [0.1, 0.15) is 0 Å². The van der Waals surface area contributed by atoms with Crippen molar-refractivity contribution in [2.24, 2.45) is 0 Å². The normalized spacial score (nSPS) is 12.1. The lowest BCUT2D eigenvalue weighted by molar-refractivity contribution is 0.282.